The highest BCUT2D eigenvalue weighted by Gasteiger charge is 2.24. The summed E-state index contributed by atoms with van der Waals surface area (Å²) in [6.45, 7) is -6.30. The van der Waals surface area contributed by atoms with Crippen LogP contribution in [0.1, 0.15) is 34.9 Å². The smallest absolute Gasteiger partial charge is 0.218 e. The maximum atomic E-state index is 8.25. The lowest BCUT2D eigenvalue weighted by Crippen LogP contribution is -2.31. The molecule has 6 rings (SSSR count). The topological polar surface area (TPSA) is 29.9 Å². The zero-order valence-corrected chi connectivity index (χ0v) is 17.6. The van der Waals surface area contributed by atoms with E-state index >= 15 is 0 Å². The third-order valence-electron chi connectivity index (χ3n) is 6.19. The first kappa shape index (κ1) is 11.8. The number of hydrogen-bond donors (Lipinski definition) is 0. The van der Waals surface area contributed by atoms with E-state index in [0.29, 0.717) is 33.3 Å². The number of pyridine rings is 2. The van der Waals surface area contributed by atoms with E-state index in [9.17, 15) is 0 Å². The Bertz CT molecular complexity index is 2030. The van der Waals surface area contributed by atoms with E-state index in [2.05, 4.69) is 4.98 Å². The molecular weight excluding hydrogens is 392 g/mol. The fraction of sp³-hybridized carbons (Fsp3) is 0.172. The van der Waals surface area contributed by atoms with Gasteiger partial charge in [-0.1, -0.05) is 36.4 Å². The average Bonchev–Trinajstić information content (AvgIpc) is 3.23. The van der Waals surface area contributed by atoms with Crippen molar-refractivity contribution in [3.05, 3.63) is 83.3 Å². The summed E-state index contributed by atoms with van der Waals surface area (Å²) in [4.78, 5) is 4.52. The normalized spacial score (nSPS) is 17.2. The second-order valence-electron chi connectivity index (χ2n) is 8.18. The van der Waals surface area contributed by atoms with Crippen molar-refractivity contribution in [2.75, 3.05) is 0 Å². The maximum Gasteiger partial charge on any atom is 0.218 e. The van der Waals surface area contributed by atoms with E-state index in [1.165, 1.54) is 16.8 Å². The average molecular weight is 427 g/mol. The first-order chi connectivity index (χ1) is 19.1. The minimum atomic E-state index is -2.71. The van der Waals surface area contributed by atoms with Gasteiger partial charge in [-0.2, -0.15) is 0 Å². The van der Waals surface area contributed by atoms with Crippen molar-refractivity contribution >= 4 is 43.5 Å². The summed E-state index contributed by atoms with van der Waals surface area (Å²) in [6, 6.07) is 17.0. The van der Waals surface area contributed by atoms with E-state index < -0.39 is 20.6 Å². The maximum absolute atomic E-state index is 8.25. The minimum absolute atomic E-state index is 0.120. The van der Waals surface area contributed by atoms with Crippen molar-refractivity contribution in [3.8, 4) is 11.3 Å². The molecular formula is C29H25N2O+. The standard InChI is InChI=1S/C29H25N2O/c1-16-12-25(31(5)15-17(16)2)28-19(4)30-18(3)27-24-13-21-11-10-20-8-6-7-9-22(20)23(21)14-26(24)32-29(27)28/h6-15H,1-5H3/q+1/i1D3,2D3,3D3. The highest BCUT2D eigenvalue weighted by molar-refractivity contribution is 6.18. The van der Waals surface area contributed by atoms with Crippen LogP contribution in [-0.2, 0) is 7.05 Å². The Morgan fingerprint density at radius 3 is 2.53 bits per heavy atom. The van der Waals surface area contributed by atoms with Gasteiger partial charge >= 0.3 is 0 Å². The summed E-state index contributed by atoms with van der Waals surface area (Å²) in [7, 11) is 1.61. The third-order valence-corrected chi connectivity index (χ3v) is 6.19. The summed E-state index contributed by atoms with van der Waals surface area (Å²) in [5, 5.41) is 4.79. The molecule has 0 unspecified atom stereocenters. The number of benzene rings is 3. The lowest BCUT2D eigenvalue weighted by atomic mass is 9.98. The predicted octanol–water partition coefficient (Wildman–Crippen LogP) is 7.01. The molecule has 0 amide bonds. The number of hydrogen-bond acceptors (Lipinski definition) is 2. The molecule has 6 aromatic rings. The summed E-state index contributed by atoms with van der Waals surface area (Å²) in [6.07, 6.45) is 1.29. The Morgan fingerprint density at radius 1 is 0.844 bits per heavy atom. The summed E-state index contributed by atoms with van der Waals surface area (Å²) in [5.41, 5.74) is 1.02. The molecule has 0 bridgehead atoms. The first-order valence-corrected chi connectivity index (χ1v) is 10.3. The van der Waals surface area contributed by atoms with Crippen molar-refractivity contribution in [2.45, 2.75) is 27.5 Å². The van der Waals surface area contributed by atoms with Crippen LogP contribution in [0.15, 0.2) is 65.2 Å². The van der Waals surface area contributed by atoms with Crippen LogP contribution >= 0.6 is 0 Å². The molecule has 3 heterocycles. The lowest BCUT2D eigenvalue weighted by Gasteiger charge is -2.09. The van der Waals surface area contributed by atoms with Crippen molar-refractivity contribution < 1.29 is 21.3 Å². The molecule has 0 aliphatic rings. The monoisotopic (exact) mass is 426 g/mol. The van der Waals surface area contributed by atoms with Gasteiger partial charge in [0.25, 0.3) is 0 Å². The highest BCUT2D eigenvalue weighted by atomic mass is 16.3. The van der Waals surface area contributed by atoms with Gasteiger partial charge in [0, 0.05) is 35.0 Å². The van der Waals surface area contributed by atoms with E-state index in [1.54, 1.807) is 14.0 Å². The molecule has 0 spiro atoms. The molecule has 0 saturated heterocycles. The fourth-order valence-electron chi connectivity index (χ4n) is 4.65. The summed E-state index contributed by atoms with van der Waals surface area (Å²) in [5.74, 6) is 0. The van der Waals surface area contributed by atoms with Crippen molar-refractivity contribution in [3.63, 3.8) is 0 Å². The molecule has 0 N–H and O–H groups in total. The van der Waals surface area contributed by atoms with Gasteiger partial charge in [0.2, 0.25) is 5.69 Å². The minimum Gasteiger partial charge on any atom is -0.455 e. The van der Waals surface area contributed by atoms with Gasteiger partial charge in [0.1, 0.15) is 18.2 Å². The van der Waals surface area contributed by atoms with Crippen LogP contribution in [0.4, 0.5) is 0 Å². The van der Waals surface area contributed by atoms with Crippen molar-refractivity contribution in [2.24, 2.45) is 7.05 Å². The van der Waals surface area contributed by atoms with Gasteiger partial charge in [0.15, 0.2) is 11.8 Å². The zero-order chi connectivity index (χ0) is 29.6. The molecule has 0 atom stereocenters. The van der Waals surface area contributed by atoms with Gasteiger partial charge < -0.3 is 4.42 Å². The SMILES string of the molecule is [2H]C([2H])([2H])c1cc(-c2c(C)nc(C([2H])([2H])[2H])c3c2oc2cc4c(ccc5ccccc54)cc23)[n+](C)cc1C([2H])([2H])[2H]. The van der Waals surface area contributed by atoms with E-state index in [-0.39, 0.29) is 22.4 Å². The Labute approximate surface area is 199 Å². The summed E-state index contributed by atoms with van der Waals surface area (Å²) >= 11 is 0. The first-order valence-electron chi connectivity index (χ1n) is 14.8. The molecule has 0 saturated carbocycles. The van der Waals surface area contributed by atoms with Crippen LogP contribution in [0.2, 0.25) is 0 Å². The molecule has 0 aliphatic carbocycles. The molecule has 0 aliphatic heterocycles. The van der Waals surface area contributed by atoms with Crippen LogP contribution in [0.25, 0.3) is 54.7 Å². The molecule has 156 valence electrons. The van der Waals surface area contributed by atoms with Crippen LogP contribution in [0.5, 0.6) is 0 Å². The zero-order valence-electron chi connectivity index (χ0n) is 26.6. The summed E-state index contributed by atoms with van der Waals surface area (Å²) < 4.78 is 80.6. The van der Waals surface area contributed by atoms with Gasteiger partial charge in [0.05, 0.1) is 11.1 Å². The quantitative estimate of drug-likeness (QED) is 0.209. The molecule has 3 nitrogen and oxygen atoms in total. The largest absolute Gasteiger partial charge is 0.455 e. The number of fused-ring (bicyclic) bond motifs is 6. The number of rotatable bonds is 1. The van der Waals surface area contributed by atoms with Crippen LogP contribution in [-0.4, -0.2) is 4.98 Å². The highest BCUT2D eigenvalue weighted by Crippen LogP contribution is 2.40. The van der Waals surface area contributed by atoms with Crippen LogP contribution in [0.3, 0.4) is 0 Å². The Kier molecular flexibility index (Phi) is 2.44. The van der Waals surface area contributed by atoms with E-state index in [4.69, 9.17) is 16.8 Å². The number of nitrogens with zero attached hydrogens (tertiary/aromatic N) is 2. The molecule has 3 aromatic carbocycles. The van der Waals surface area contributed by atoms with Gasteiger partial charge in [-0.15, -0.1) is 0 Å². The molecule has 3 aromatic heterocycles. The third kappa shape index (κ3) is 2.61. The molecule has 0 radical (unpaired) electrons. The van der Waals surface area contributed by atoms with Crippen LogP contribution < -0.4 is 4.57 Å². The predicted molar refractivity (Wildman–Crippen MR) is 132 cm³/mol. The lowest BCUT2D eigenvalue weighted by molar-refractivity contribution is -0.660. The van der Waals surface area contributed by atoms with Gasteiger partial charge in [-0.05, 0) is 66.7 Å². The Hall–Kier alpha value is -3.72. The van der Waals surface area contributed by atoms with Gasteiger partial charge in [-0.3, -0.25) is 4.98 Å². The number of aryl methyl sites for hydroxylation is 5. The molecule has 32 heavy (non-hydrogen) atoms. The fourth-order valence-corrected chi connectivity index (χ4v) is 4.65. The molecule has 0 fully saturated rings. The second kappa shape index (κ2) is 6.64. The van der Waals surface area contributed by atoms with E-state index in [1.807, 2.05) is 48.5 Å². The molecule has 3 heteroatoms. The Morgan fingerprint density at radius 2 is 1.69 bits per heavy atom. The second-order valence-corrected chi connectivity index (χ2v) is 8.18. The Balaban J connectivity index is 1.77. The van der Waals surface area contributed by atoms with Crippen LogP contribution in [0, 0.1) is 27.5 Å². The van der Waals surface area contributed by atoms with Gasteiger partial charge in [-0.25, -0.2) is 4.57 Å². The van der Waals surface area contributed by atoms with Crippen molar-refractivity contribution in [1.82, 2.24) is 4.98 Å². The van der Waals surface area contributed by atoms with E-state index in [0.717, 1.165) is 21.5 Å². The number of aromatic nitrogens is 2. The number of furan rings is 1. The van der Waals surface area contributed by atoms with Crippen molar-refractivity contribution in [1.29, 1.82) is 0 Å².